The summed E-state index contributed by atoms with van der Waals surface area (Å²) in [5.41, 5.74) is 4.42. The van der Waals surface area contributed by atoms with Gasteiger partial charge in [0, 0.05) is 34.6 Å². The van der Waals surface area contributed by atoms with Crippen molar-refractivity contribution in [2.75, 3.05) is 7.05 Å². The summed E-state index contributed by atoms with van der Waals surface area (Å²) in [6, 6.07) is 21.0. The fourth-order valence-electron chi connectivity index (χ4n) is 3.96. The maximum absolute atomic E-state index is 11.6. The van der Waals surface area contributed by atoms with E-state index in [1.807, 2.05) is 43.0 Å². The molecule has 0 radical (unpaired) electrons. The Labute approximate surface area is 187 Å². The zero-order chi connectivity index (χ0) is 21.8. The molecule has 158 valence electrons. The first-order valence-electron chi connectivity index (χ1n) is 10.3. The summed E-state index contributed by atoms with van der Waals surface area (Å²) < 4.78 is 1.94. The standard InChI is InChI=1S/C26H26N2O2S/c1-19-21(16-20-10-6-7-14-25(20)31-22-11-4-3-5-12-22)17-24(28(19)18-26(29)30)23-13-8-9-15-27(23)2/h3-15,17,23H,16,18H2,1-2H3,(H,29,30). The van der Waals surface area contributed by atoms with Crippen molar-refractivity contribution in [3.05, 3.63) is 108 Å². The van der Waals surface area contributed by atoms with Crippen LogP contribution in [0.25, 0.3) is 0 Å². The molecule has 4 nitrogen and oxygen atoms in total. The maximum atomic E-state index is 11.6. The number of benzene rings is 2. The van der Waals surface area contributed by atoms with E-state index >= 15 is 0 Å². The van der Waals surface area contributed by atoms with Crippen LogP contribution < -0.4 is 0 Å². The number of carbonyl (C=O) groups is 1. The van der Waals surface area contributed by atoms with Crippen LogP contribution in [0.4, 0.5) is 0 Å². The van der Waals surface area contributed by atoms with E-state index < -0.39 is 5.97 Å². The van der Waals surface area contributed by atoms with E-state index in [2.05, 4.69) is 65.6 Å². The van der Waals surface area contributed by atoms with E-state index in [9.17, 15) is 9.90 Å². The van der Waals surface area contributed by atoms with E-state index in [1.54, 1.807) is 11.8 Å². The summed E-state index contributed by atoms with van der Waals surface area (Å²) in [4.78, 5) is 16.1. The molecule has 1 aliphatic heterocycles. The Bertz CT molecular complexity index is 1130. The molecule has 0 bridgehead atoms. The van der Waals surface area contributed by atoms with Crippen LogP contribution in [-0.4, -0.2) is 27.6 Å². The Balaban J connectivity index is 1.69. The Morgan fingerprint density at radius 1 is 1.03 bits per heavy atom. The normalized spacial score (nSPS) is 15.4. The van der Waals surface area contributed by atoms with Gasteiger partial charge in [-0.25, -0.2) is 0 Å². The molecule has 1 N–H and O–H groups in total. The molecule has 1 atom stereocenters. The van der Waals surface area contributed by atoms with Gasteiger partial charge in [-0.2, -0.15) is 0 Å². The van der Waals surface area contributed by atoms with Gasteiger partial charge in [-0.05, 0) is 54.6 Å². The van der Waals surface area contributed by atoms with Crippen molar-refractivity contribution in [3.63, 3.8) is 0 Å². The van der Waals surface area contributed by atoms with E-state index in [1.165, 1.54) is 15.4 Å². The van der Waals surface area contributed by atoms with Gasteiger partial charge in [0.15, 0.2) is 0 Å². The molecular weight excluding hydrogens is 404 g/mol. The summed E-state index contributed by atoms with van der Waals surface area (Å²) in [6.07, 6.45) is 8.90. The zero-order valence-electron chi connectivity index (χ0n) is 17.7. The Hall–Kier alpha value is -3.18. The molecule has 5 heteroatoms. The molecule has 2 heterocycles. The van der Waals surface area contributed by atoms with Crippen LogP contribution >= 0.6 is 11.8 Å². The fourth-order valence-corrected chi connectivity index (χ4v) is 4.92. The van der Waals surface area contributed by atoms with Crippen molar-refractivity contribution < 1.29 is 9.90 Å². The third kappa shape index (κ3) is 4.78. The molecule has 0 saturated carbocycles. The summed E-state index contributed by atoms with van der Waals surface area (Å²) >= 11 is 1.76. The van der Waals surface area contributed by atoms with Gasteiger partial charge in [-0.3, -0.25) is 4.79 Å². The molecule has 0 aliphatic carbocycles. The molecule has 0 saturated heterocycles. The summed E-state index contributed by atoms with van der Waals surface area (Å²) in [5, 5.41) is 9.52. The first kappa shape index (κ1) is 21.1. The SMILES string of the molecule is Cc1c(Cc2ccccc2Sc2ccccc2)cc(C2C=CC=CN2C)n1CC(=O)O. The van der Waals surface area contributed by atoms with Crippen LogP contribution in [0, 0.1) is 6.92 Å². The summed E-state index contributed by atoms with van der Waals surface area (Å²) in [6.45, 7) is 1.99. The first-order chi connectivity index (χ1) is 15.0. The topological polar surface area (TPSA) is 45.5 Å². The van der Waals surface area contributed by atoms with E-state index in [0.29, 0.717) is 0 Å². The monoisotopic (exact) mass is 430 g/mol. The molecule has 31 heavy (non-hydrogen) atoms. The average Bonchev–Trinajstić information content (AvgIpc) is 3.05. The van der Waals surface area contributed by atoms with Gasteiger partial charge in [-0.15, -0.1) is 0 Å². The number of hydrogen-bond acceptors (Lipinski definition) is 3. The smallest absolute Gasteiger partial charge is 0.323 e. The van der Waals surface area contributed by atoms with Crippen LogP contribution in [0.15, 0.2) is 94.9 Å². The predicted molar refractivity (Wildman–Crippen MR) is 125 cm³/mol. The van der Waals surface area contributed by atoms with Gasteiger partial charge < -0.3 is 14.6 Å². The van der Waals surface area contributed by atoms with Crippen molar-refractivity contribution in [1.82, 2.24) is 9.47 Å². The molecule has 4 rings (SSSR count). The second-order valence-corrected chi connectivity index (χ2v) is 8.81. The molecule has 3 aromatic rings. The lowest BCUT2D eigenvalue weighted by atomic mass is 10.0. The minimum atomic E-state index is -0.829. The highest BCUT2D eigenvalue weighted by Crippen LogP contribution is 2.34. The Morgan fingerprint density at radius 2 is 1.77 bits per heavy atom. The van der Waals surface area contributed by atoms with Crippen LogP contribution in [-0.2, 0) is 17.8 Å². The number of likely N-dealkylation sites (N-methyl/N-ethyl adjacent to an activating group) is 1. The quantitative estimate of drug-likeness (QED) is 0.524. The van der Waals surface area contributed by atoms with Crippen molar-refractivity contribution in [2.45, 2.75) is 35.7 Å². The Morgan fingerprint density at radius 3 is 2.52 bits per heavy atom. The Kier molecular flexibility index (Phi) is 6.33. The largest absolute Gasteiger partial charge is 0.480 e. The molecule has 1 aliphatic rings. The van der Waals surface area contributed by atoms with Gasteiger partial charge >= 0.3 is 5.97 Å². The summed E-state index contributed by atoms with van der Waals surface area (Å²) in [5.74, 6) is -0.829. The van der Waals surface area contributed by atoms with Crippen molar-refractivity contribution in [3.8, 4) is 0 Å². The highest BCUT2D eigenvalue weighted by Gasteiger charge is 2.23. The van der Waals surface area contributed by atoms with E-state index in [4.69, 9.17) is 0 Å². The number of allylic oxidation sites excluding steroid dienone is 2. The molecule has 2 aromatic carbocycles. The van der Waals surface area contributed by atoms with Gasteiger partial charge in [0.2, 0.25) is 0 Å². The van der Waals surface area contributed by atoms with Crippen molar-refractivity contribution in [2.24, 2.45) is 0 Å². The lowest BCUT2D eigenvalue weighted by molar-refractivity contribution is -0.137. The van der Waals surface area contributed by atoms with Crippen LogP contribution in [0.5, 0.6) is 0 Å². The van der Waals surface area contributed by atoms with Crippen molar-refractivity contribution in [1.29, 1.82) is 0 Å². The van der Waals surface area contributed by atoms with E-state index in [-0.39, 0.29) is 12.6 Å². The molecule has 1 unspecified atom stereocenters. The maximum Gasteiger partial charge on any atom is 0.323 e. The molecule has 1 aromatic heterocycles. The average molecular weight is 431 g/mol. The third-order valence-electron chi connectivity index (χ3n) is 5.59. The van der Waals surface area contributed by atoms with Gasteiger partial charge in [-0.1, -0.05) is 60.3 Å². The van der Waals surface area contributed by atoms with E-state index in [0.717, 1.165) is 23.4 Å². The van der Waals surface area contributed by atoms with Gasteiger partial charge in [0.05, 0.1) is 6.04 Å². The minimum Gasteiger partial charge on any atom is -0.480 e. The second kappa shape index (κ2) is 9.31. The number of hydrogen-bond donors (Lipinski definition) is 1. The third-order valence-corrected chi connectivity index (χ3v) is 6.71. The highest BCUT2D eigenvalue weighted by atomic mass is 32.2. The van der Waals surface area contributed by atoms with Gasteiger partial charge in [0.1, 0.15) is 6.54 Å². The van der Waals surface area contributed by atoms with Crippen LogP contribution in [0.3, 0.4) is 0 Å². The predicted octanol–water partition coefficient (Wildman–Crippen LogP) is 5.68. The number of nitrogens with zero attached hydrogens (tertiary/aromatic N) is 2. The van der Waals surface area contributed by atoms with Gasteiger partial charge in [0.25, 0.3) is 0 Å². The number of aliphatic carboxylic acids is 1. The molecule has 0 fully saturated rings. The number of carboxylic acid groups (broad SMARTS) is 1. The molecular formula is C26H26N2O2S. The molecule has 0 amide bonds. The molecule has 0 spiro atoms. The lowest BCUT2D eigenvalue weighted by Crippen LogP contribution is -2.23. The van der Waals surface area contributed by atoms with Crippen LogP contribution in [0.1, 0.15) is 28.6 Å². The number of aromatic nitrogens is 1. The summed E-state index contributed by atoms with van der Waals surface area (Å²) in [7, 11) is 2.02. The first-order valence-corrected chi connectivity index (χ1v) is 11.1. The highest BCUT2D eigenvalue weighted by molar-refractivity contribution is 7.99. The second-order valence-electron chi connectivity index (χ2n) is 7.70. The number of rotatable bonds is 7. The van der Waals surface area contributed by atoms with Crippen molar-refractivity contribution >= 4 is 17.7 Å². The lowest BCUT2D eigenvalue weighted by Gasteiger charge is -2.27. The fraction of sp³-hybridized carbons (Fsp3) is 0.192. The van der Waals surface area contributed by atoms with Crippen LogP contribution in [0.2, 0.25) is 0 Å². The minimum absolute atomic E-state index is 0.0192. The zero-order valence-corrected chi connectivity index (χ0v) is 18.5. The number of carboxylic acids is 1.